The molecule has 7 rings (SSSR count). The number of ether oxygens (including phenoxy) is 4. The smallest absolute Gasteiger partial charge is 0.310 e. The van der Waals surface area contributed by atoms with Crippen molar-refractivity contribution in [3.63, 3.8) is 0 Å². The molecule has 2 heterocycles. The van der Waals surface area contributed by atoms with Gasteiger partial charge in [0, 0.05) is 0 Å². The molecule has 2 saturated heterocycles. The number of rotatable bonds is 7. The topological polar surface area (TPSA) is 233 Å². The Bertz CT molecular complexity index is 1530. The molecule has 8 N–H and O–H groups in total. The fourth-order valence-corrected chi connectivity index (χ4v) is 13.4. The minimum Gasteiger partial charge on any atom is -0.481 e. The second-order valence-corrected chi connectivity index (χ2v) is 19.9. The first-order chi connectivity index (χ1) is 25.6. The van der Waals surface area contributed by atoms with E-state index in [0.717, 1.165) is 37.7 Å². The van der Waals surface area contributed by atoms with E-state index in [1.807, 2.05) is 0 Å². The highest BCUT2D eigenvalue weighted by molar-refractivity contribution is 5.79. The molecule has 18 atom stereocenters. The van der Waals surface area contributed by atoms with E-state index in [1.54, 1.807) is 6.92 Å². The Kier molecular flexibility index (Phi) is 10.5. The van der Waals surface area contributed by atoms with Crippen LogP contribution in [0.2, 0.25) is 0 Å². The van der Waals surface area contributed by atoms with E-state index in [2.05, 4.69) is 40.7 Å². The summed E-state index contributed by atoms with van der Waals surface area (Å²) in [6.07, 6.45) is -4.56. The number of aliphatic hydroxyl groups is 6. The molecule has 0 unspecified atom stereocenters. The SMILES string of the molecule is CC1(C)[C@@H](O[C@@H]2OC[C@H](O)[C@H](O[C@@H]3O[C@H](CO)[C@@H](O)[C@H](O)[C@H]3O)[C@H]2O)CC[C@]2(C)[C@H]3CC=C4[C@@H]5C[C@](C)(C(=O)O)CC[C@]5(C(=O)O)CC[C@@]4(C)[C@]3(C)CC[C@@H]12. The molecule has 312 valence electrons. The van der Waals surface area contributed by atoms with Gasteiger partial charge in [0.05, 0.1) is 30.1 Å². The average Bonchev–Trinajstić information content (AvgIpc) is 3.12. The second kappa shape index (κ2) is 13.9. The molecule has 6 fully saturated rings. The lowest BCUT2D eigenvalue weighted by Crippen LogP contribution is -2.66. The molecule has 55 heavy (non-hydrogen) atoms. The second-order valence-electron chi connectivity index (χ2n) is 19.9. The quantitative estimate of drug-likeness (QED) is 0.137. The van der Waals surface area contributed by atoms with E-state index in [4.69, 9.17) is 18.9 Å². The molecule has 14 nitrogen and oxygen atoms in total. The Hall–Kier alpha value is -1.72. The summed E-state index contributed by atoms with van der Waals surface area (Å²) in [5.41, 5.74) is -1.63. The number of aliphatic hydroxyl groups excluding tert-OH is 6. The van der Waals surface area contributed by atoms with Crippen molar-refractivity contribution in [2.24, 2.45) is 50.2 Å². The Morgan fingerprint density at radius 3 is 2.13 bits per heavy atom. The molecule has 0 aromatic rings. The monoisotopic (exact) mass is 780 g/mol. The Balaban J connectivity index is 1.10. The first-order valence-electron chi connectivity index (χ1n) is 20.4. The van der Waals surface area contributed by atoms with Crippen LogP contribution in [0.25, 0.3) is 0 Å². The van der Waals surface area contributed by atoms with Crippen molar-refractivity contribution < 1.29 is 69.4 Å². The average molecular weight is 781 g/mol. The molecule has 0 amide bonds. The maximum Gasteiger partial charge on any atom is 0.310 e. The van der Waals surface area contributed by atoms with Gasteiger partial charge in [-0.05, 0) is 111 Å². The van der Waals surface area contributed by atoms with E-state index in [1.165, 1.54) is 0 Å². The largest absolute Gasteiger partial charge is 0.481 e. The third-order valence-corrected chi connectivity index (χ3v) is 17.2. The summed E-state index contributed by atoms with van der Waals surface area (Å²) in [4.78, 5) is 25.5. The Morgan fingerprint density at radius 1 is 0.782 bits per heavy atom. The number of carbonyl (C=O) groups is 2. The number of hydrogen-bond acceptors (Lipinski definition) is 12. The van der Waals surface area contributed by atoms with Crippen molar-refractivity contribution in [1.29, 1.82) is 0 Å². The predicted octanol–water partition coefficient (Wildman–Crippen LogP) is 2.59. The molecule has 2 aliphatic heterocycles. The van der Waals surface area contributed by atoms with Gasteiger partial charge in [-0.3, -0.25) is 9.59 Å². The molecule has 7 aliphatic rings. The normalized spacial score (nSPS) is 53.5. The third kappa shape index (κ3) is 6.01. The third-order valence-electron chi connectivity index (χ3n) is 17.2. The van der Waals surface area contributed by atoms with E-state index >= 15 is 0 Å². The van der Waals surface area contributed by atoms with Crippen molar-refractivity contribution in [2.45, 2.75) is 167 Å². The van der Waals surface area contributed by atoms with Crippen molar-refractivity contribution in [3.8, 4) is 0 Å². The molecule has 0 aromatic heterocycles. The molecule has 5 aliphatic carbocycles. The van der Waals surface area contributed by atoms with Crippen LogP contribution in [0.1, 0.15) is 106 Å². The van der Waals surface area contributed by atoms with Gasteiger partial charge in [0.25, 0.3) is 0 Å². The number of carboxylic acids is 2. The fourth-order valence-electron chi connectivity index (χ4n) is 13.4. The highest BCUT2D eigenvalue weighted by Gasteiger charge is 2.70. The van der Waals surface area contributed by atoms with Gasteiger partial charge in [-0.1, -0.05) is 46.3 Å². The zero-order chi connectivity index (χ0) is 40.3. The van der Waals surface area contributed by atoms with Crippen LogP contribution in [0.4, 0.5) is 0 Å². The van der Waals surface area contributed by atoms with E-state index in [-0.39, 0.29) is 46.2 Å². The van der Waals surface area contributed by atoms with Crippen LogP contribution < -0.4 is 0 Å². The van der Waals surface area contributed by atoms with Gasteiger partial charge >= 0.3 is 11.9 Å². The minimum absolute atomic E-state index is 0.0954. The maximum absolute atomic E-state index is 13.0. The number of carboxylic acid groups (broad SMARTS) is 2. The Labute approximate surface area is 323 Å². The van der Waals surface area contributed by atoms with Crippen LogP contribution in [0.15, 0.2) is 11.6 Å². The van der Waals surface area contributed by atoms with Gasteiger partial charge in [0.2, 0.25) is 0 Å². The minimum atomic E-state index is -1.71. The van der Waals surface area contributed by atoms with Crippen LogP contribution in [-0.4, -0.2) is 127 Å². The zero-order valence-corrected chi connectivity index (χ0v) is 33.1. The lowest BCUT2D eigenvalue weighted by molar-refractivity contribution is -0.357. The first-order valence-corrected chi connectivity index (χ1v) is 20.4. The summed E-state index contributed by atoms with van der Waals surface area (Å²) in [7, 11) is 0. The predicted molar refractivity (Wildman–Crippen MR) is 194 cm³/mol. The lowest BCUT2D eigenvalue weighted by atomic mass is 9.33. The molecule has 14 heteroatoms. The summed E-state index contributed by atoms with van der Waals surface area (Å²) in [5, 5.41) is 83.7. The number of fused-ring (bicyclic) bond motifs is 7. The van der Waals surface area contributed by atoms with Gasteiger partial charge in [-0.2, -0.15) is 0 Å². The summed E-state index contributed by atoms with van der Waals surface area (Å²) < 4.78 is 23.7. The summed E-state index contributed by atoms with van der Waals surface area (Å²) >= 11 is 0. The maximum atomic E-state index is 13.0. The van der Waals surface area contributed by atoms with Crippen molar-refractivity contribution in [1.82, 2.24) is 0 Å². The van der Waals surface area contributed by atoms with Gasteiger partial charge in [0.1, 0.15) is 42.7 Å². The van der Waals surface area contributed by atoms with E-state index in [9.17, 15) is 50.4 Å². The van der Waals surface area contributed by atoms with E-state index < -0.39 is 84.7 Å². The number of aliphatic carboxylic acids is 2. The molecular formula is C41H64O14. The van der Waals surface area contributed by atoms with Crippen molar-refractivity contribution in [3.05, 3.63) is 11.6 Å². The number of allylic oxidation sites excluding steroid dienone is 2. The highest BCUT2D eigenvalue weighted by atomic mass is 16.7. The standard InChI is InChI=1S/C41H64O14/c1-36(2)24-9-12-40(6)25(8-7-20-21-17-37(3,34(48)49)13-15-41(21,35(50)51)16-14-39(20,40)5)38(24,4)11-10-26(36)54-32-30(47)31(22(43)19-52-32)55-33-29(46)28(45)27(44)23(18-42)53-33/h7,21-33,42-47H,8-19H2,1-6H3,(H,48,49)(H,50,51)/t21-,22-,23+,24-,25+,26-,27+,28-,29+,30+,31-,32-,33-,37+,38-,39+,40+,41-/m0/s1. The van der Waals surface area contributed by atoms with Crippen LogP contribution in [0.5, 0.6) is 0 Å². The molecule has 0 aromatic carbocycles. The zero-order valence-electron chi connectivity index (χ0n) is 33.1. The van der Waals surface area contributed by atoms with Gasteiger partial charge in [0.15, 0.2) is 12.6 Å². The molecule has 4 saturated carbocycles. The summed E-state index contributed by atoms with van der Waals surface area (Å²) in [6, 6.07) is 0. The molecular weight excluding hydrogens is 716 g/mol. The van der Waals surface area contributed by atoms with E-state index in [0.29, 0.717) is 38.0 Å². The fraction of sp³-hybridized carbons (Fsp3) is 0.902. The van der Waals surface area contributed by atoms with Crippen LogP contribution in [-0.2, 0) is 28.5 Å². The van der Waals surface area contributed by atoms with Crippen LogP contribution in [0, 0.1) is 50.2 Å². The summed E-state index contributed by atoms with van der Waals surface area (Å²) in [6.45, 7) is 12.4. The molecule has 0 radical (unpaired) electrons. The van der Waals surface area contributed by atoms with Crippen molar-refractivity contribution >= 4 is 11.9 Å². The summed E-state index contributed by atoms with van der Waals surface area (Å²) in [5.74, 6) is -1.45. The first kappa shape index (κ1) is 41.4. The van der Waals surface area contributed by atoms with Gasteiger partial charge in [-0.15, -0.1) is 0 Å². The van der Waals surface area contributed by atoms with Crippen molar-refractivity contribution in [2.75, 3.05) is 13.2 Å². The molecule has 0 spiro atoms. The Morgan fingerprint density at radius 2 is 1.47 bits per heavy atom. The highest BCUT2D eigenvalue weighted by Crippen LogP contribution is 2.76. The van der Waals surface area contributed by atoms with Crippen LogP contribution in [0.3, 0.4) is 0 Å². The van der Waals surface area contributed by atoms with Gasteiger partial charge < -0.3 is 59.8 Å². The lowest BCUT2D eigenvalue weighted by Gasteiger charge is -2.71. The van der Waals surface area contributed by atoms with Crippen LogP contribution >= 0.6 is 0 Å². The molecule has 0 bridgehead atoms. The number of hydrogen-bond donors (Lipinski definition) is 8. The van der Waals surface area contributed by atoms with Gasteiger partial charge in [-0.25, -0.2) is 0 Å².